The second kappa shape index (κ2) is 8.04. The molecule has 5 nitrogen and oxygen atoms in total. The number of aromatic amines is 1. The summed E-state index contributed by atoms with van der Waals surface area (Å²) in [4.78, 5) is 14.7. The molecule has 1 fully saturated rings. The fraction of sp³-hybridized carbons (Fsp3) is 0.524. The number of rotatable bonds is 6. The molecule has 1 aromatic carbocycles. The predicted molar refractivity (Wildman–Crippen MR) is 99.7 cm³/mol. The summed E-state index contributed by atoms with van der Waals surface area (Å²) in [5.41, 5.74) is 4.70. The number of H-pyrrole nitrogens is 1. The van der Waals surface area contributed by atoms with Gasteiger partial charge in [0.1, 0.15) is 0 Å². The van der Waals surface area contributed by atoms with E-state index < -0.39 is 0 Å². The lowest BCUT2D eigenvalue weighted by Crippen LogP contribution is -2.31. The summed E-state index contributed by atoms with van der Waals surface area (Å²) in [5, 5.41) is 7.55. The molecule has 1 aliphatic heterocycles. The van der Waals surface area contributed by atoms with Gasteiger partial charge in [-0.3, -0.25) is 9.89 Å². The smallest absolute Gasteiger partial charge is 0.228 e. The van der Waals surface area contributed by atoms with E-state index in [9.17, 15) is 4.79 Å². The van der Waals surface area contributed by atoms with Crippen LogP contribution in [-0.2, 0) is 35.4 Å². The van der Waals surface area contributed by atoms with Crippen molar-refractivity contribution in [2.75, 3.05) is 19.7 Å². The summed E-state index contributed by atoms with van der Waals surface area (Å²) in [7, 11) is 0. The molecular weight excluding hydrogens is 326 g/mol. The monoisotopic (exact) mass is 353 g/mol. The second-order valence-corrected chi connectivity index (χ2v) is 7.51. The van der Waals surface area contributed by atoms with Crippen molar-refractivity contribution >= 4 is 5.91 Å². The molecule has 2 aromatic rings. The zero-order valence-electron chi connectivity index (χ0n) is 15.2. The van der Waals surface area contributed by atoms with Crippen LogP contribution in [0.15, 0.2) is 30.3 Å². The number of amides is 1. The van der Waals surface area contributed by atoms with Gasteiger partial charge in [0.25, 0.3) is 0 Å². The number of carbonyl (C=O) groups is 1. The molecule has 0 radical (unpaired) electrons. The lowest BCUT2D eigenvalue weighted by Gasteiger charge is -2.17. The van der Waals surface area contributed by atoms with Crippen LogP contribution in [0, 0.1) is 5.92 Å². The van der Waals surface area contributed by atoms with Gasteiger partial charge in [-0.05, 0) is 43.2 Å². The van der Waals surface area contributed by atoms with Crippen LogP contribution in [0.3, 0.4) is 0 Å². The Labute approximate surface area is 154 Å². The number of nitrogens with one attached hydrogen (secondary N) is 1. The number of aryl methyl sites for hydroxylation is 1. The standard InChI is InChI=1S/C21H27N3O2/c25-21(12-20-18-8-4-5-9-19(18)22-23-20)24-11-10-17(13-24)15-26-14-16-6-2-1-3-7-16/h1-3,6-7,17H,4-5,8-15H2,(H,22,23). The highest BCUT2D eigenvalue weighted by Gasteiger charge is 2.28. The van der Waals surface area contributed by atoms with Gasteiger partial charge in [-0.25, -0.2) is 0 Å². The third-order valence-corrected chi connectivity index (χ3v) is 5.56. The van der Waals surface area contributed by atoms with Crippen molar-refractivity contribution in [3.63, 3.8) is 0 Å². The minimum absolute atomic E-state index is 0.204. The molecule has 1 atom stereocenters. The molecule has 5 heteroatoms. The quantitative estimate of drug-likeness (QED) is 0.869. The van der Waals surface area contributed by atoms with Crippen LogP contribution in [-0.4, -0.2) is 40.7 Å². The van der Waals surface area contributed by atoms with Crippen LogP contribution < -0.4 is 0 Å². The SMILES string of the molecule is O=C(Cc1n[nH]c2c1CCCC2)N1CCC(COCc2ccccc2)C1. The maximum absolute atomic E-state index is 12.7. The van der Waals surface area contributed by atoms with Gasteiger partial charge >= 0.3 is 0 Å². The van der Waals surface area contributed by atoms with Crippen molar-refractivity contribution in [1.29, 1.82) is 0 Å². The first-order valence-corrected chi connectivity index (χ1v) is 9.74. The predicted octanol–water partition coefficient (Wildman–Crippen LogP) is 2.90. The first kappa shape index (κ1) is 17.3. The number of aromatic nitrogens is 2. The second-order valence-electron chi connectivity index (χ2n) is 7.51. The first-order valence-electron chi connectivity index (χ1n) is 9.74. The molecule has 1 aliphatic carbocycles. The Bertz CT molecular complexity index is 741. The van der Waals surface area contributed by atoms with E-state index in [2.05, 4.69) is 22.3 Å². The summed E-state index contributed by atoms with van der Waals surface area (Å²) in [6.45, 7) is 3.01. The minimum Gasteiger partial charge on any atom is -0.376 e. The summed E-state index contributed by atoms with van der Waals surface area (Å²) in [5.74, 6) is 0.645. The number of fused-ring (bicyclic) bond motifs is 1. The Kier molecular flexibility index (Phi) is 5.34. The van der Waals surface area contributed by atoms with E-state index in [4.69, 9.17) is 4.74 Å². The highest BCUT2D eigenvalue weighted by atomic mass is 16.5. The van der Waals surface area contributed by atoms with Crippen LogP contribution in [0.4, 0.5) is 0 Å². The molecule has 2 heterocycles. The van der Waals surface area contributed by atoms with Crippen LogP contribution in [0.25, 0.3) is 0 Å². The van der Waals surface area contributed by atoms with Crippen molar-refractivity contribution in [2.24, 2.45) is 5.92 Å². The largest absolute Gasteiger partial charge is 0.376 e. The van der Waals surface area contributed by atoms with Crippen molar-refractivity contribution in [2.45, 2.75) is 45.1 Å². The number of nitrogens with zero attached hydrogens (tertiary/aromatic N) is 2. The molecule has 0 saturated carbocycles. The van der Waals surface area contributed by atoms with Crippen LogP contribution >= 0.6 is 0 Å². The zero-order valence-corrected chi connectivity index (χ0v) is 15.2. The number of benzene rings is 1. The third kappa shape index (κ3) is 3.98. The summed E-state index contributed by atoms with van der Waals surface area (Å²) in [6.07, 6.45) is 6.02. The molecule has 1 unspecified atom stereocenters. The molecular formula is C21H27N3O2. The van der Waals surface area contributed by atoms with Crippen LogP contribution in [0.5, 0.6) is 0 Å². The Morgan fingerprint density at radius 3 is 2.96 bits per heavy atom. The highest BCUT2D eigenvalue weighted by Crippen LogP contribution is 2.24. The van der Waals surface area contributed by atoms with Crippen molar-refractivity contribution in [3.8, 4) is 0 Å². The Hall–Kier alpha value is -2.14. The Morgan fingerprint density at radius 2 is 2.08 bits per heavy atom. The molecule has 1 N–H and O–H groups in total. The number of carbonyl (C=O) groups excluding carboxylic acids is 1. The van der Waals surface area contributed by atoms with Gasteiger partial charge in [0.2, 0.25) is 5.91 Å². The maximum Gasteiger partial charge on any atom is 0.228 e. The lowest BCUT2D eigenvalue weighted by atomic mass is 9.95. The highest BCUT2D eigenvalue weighted by molar-refractivity contribution is 5.79. The van der Waals surface area contributed by atoms with Gasteiger partial charge in [0, 0.05) is 24.7 Å². The number of likely N-dealkylation sites (tertiary alicyclic amines) is 1. The van der Waals surface area contributed by atoms with Gasteiger partial charge in [-0.2, -0.15) is 5.10 Å². The fourth-order valence-electron chi connectivity index (χ4n) is 4.06. The molecule has 4 rings (SSSR count). The van der Waals surface area contributed by atoms with Gasteiger partial charge in [0.15, 0.2) is 0 Å². The molecule has 0 spiro atoms. The van der Waals surface area contributed by atoms with Gasteiger partial charge < -0.3 is 9.64 Å². The van der Waals surface area contributed by atoms with E-state index in [0.29, 0.717) is 18.9 Å². The van der Waals surface area contributed by atoms with E-state index in [1.54, 1.807) is 0 Å². The Morgan fingerprint density at radius 1 is 1.23 bits per heavy atom. The molecule has 1 saturated heterocycles. The van der Waals surface area contributed by atoms with Gasteiger partial charge in [-0.15, -0.1) is 0 Å². The summed E-state index contributed by atoms with van der Waals surface area (Å²) < 4.78 is 5.86. The van der Waals surface area contributed by atoms with Crippen molar-refractivity contribution in [3.05, 3.63) is 52.8 Å². The summed E-state index contributed by atoms with van der Waals surface area (Å²) >= 11 is 0. The topological polar surface area (TPSA) is 58.2 Å². The van der Waals surface area contributed by atoms with Gasteiger partial charge in [-0.1, -0.05) is 30.3 Å². The fourth-order valence-corrected chi connectivity index (χ4v) is 4.06. The normalized spacial score (nSPS) is 19.5. The van der Waals surface area contributed by atoms with E-state index in [1.165, 1.54) is 29.7 Å². The van der Waals surface area contributed by atoms with Crippen molar-refractivity contribution < 1.29 is 9.53 Å². The number of ether oxygens (including phenoxy) is 1. The van der Waals surface area contributed by atoms with Gasteiger partial charge in [0.05, 0.1) is 25.3 Å². The molecule has 2 aliphatic rings. The molecule has 138 valence electrons. The van der Waals surface area contributed by atoms with E-state index >= 15 is 0 Å². The van der Waals surface area contributed by atoms with E-state index in [-0.39, 0.29) is 5.91 Å². The van der Waals surface area contributed by atoms with E-state index in [0.717, 1.165) is 44.7 Å². The average Bonchev–Trinajstić information content (AvgIpc) is 3.30. The molecule has 1 aromatic heterocycles. The maximum atomic E-state index is 12.7. The average molecular weight is 353 g/mol. The molecule has 1 amide bonds. The van der Waals surface area contributed by atoms with Crippen LogP contribution in [0.1, 0.15) is 41.8 Å². The lowest BCUT2D eigenvalue weighted by molar-refractivity contribution is -0.129. The third-order valence-electron chi connectivity index (χ3n) is 5.56. The van der Waals surface area contributed by atoms with Crippen molar-refractivity contribution in [1.82, 2.24) is 15.1 Å². The van der Waals surface area contributed by atoms with E-state index in [1.807, 2.05) is 23.1 Å². The summed E-state index contributed by atoms with van der Waals surface area (Å²) in [6, 6.07) is 10.2. The minimum atomic E-state index is 0.204. The first-order chi connectivity index (χ1) is 12.8. The number of hydrogen-bond acceptors (Lipinski definition) is 3. The zero-order chi connectivity index (χ0) is 17.8. The Balaban J connectivity index is 1.24. The molecule has 0 bridgehead atoms. The number of hydrogen-bond donors (Lipinski definition) is 1. The van der Waals surface area contributed by atoms with Crippen LogP contribution in [0.2, 0.25) is 0 Å². The molecule has 26 heavy (non-hydrogen) atoms.